The van der Waals surface area contributed by atoms with E-state index >= 15 is 0 Å². The normalized spacial score (nSPS) is 13.0. The van der Waals surface area contributed by atoms with Crippen molar-refractivity contribution in [3.8, 4) is 0 Å². The van der Waals surface area contributed by atoms with Crippen LogP contribution >= 0.6 is 11.6 Å². The number of anilines is 1. The number of aromatic nitrogens is 4. The number of nitrogens with zero attached hydrogens (tertiary/aromatic N) is 4. The number of fused-ring (bicyclic) bond motifs is 1. The lowest BCUT2D eigenvalue weighted by atomic mass is 9.97. The number of carbonyl (C=O) groups is 3. The van der Waals surface area contributed by atoms with E-state index in [-0.39, 0.29) is 47.4 Å². The van der Waals surface area contributed by atoms with Crippen molar-refractivity contribution >= 4 is 46.6 Å². The first-order valence-electron chi connectivity index (χ1n) is 10.4. The Bertz CT molecular complexity index is 1020. The minimum Gasteiger partial charge on any atom is -0.465 e. The van der Waals surface area contributed by atoms with Gasteiger partial charge in [-0.2, -0.15) is 9.97 Å². The molecule has 0 saturated carbocycles. The number of ether oxygens (including phenoxy) is 3. The fraction of sp³-hybridized carbons (Fsp3) is 0.619. The molecule has 2 aromatic rings. The van der Waals surface area contributed by atoms with E-state index < -0.39 is 23.2 Å². The number of rotatable bonds is 8. The van der Waals surface area contributed by atoms with Crippen molar-refractivity contribution in [1.29, 1.82) is 0 Å². The van der Waals surface area contributed by atoms with E-state index in [0.717, 1.165) is 0 Å². The fourth-order valence-corrected chi connectivity index (χ4v) is 2.53. The molecule has 1 unspecified atom stereocenters. The summed E-state index contributed by atoms with van der Waals surface area (Å²) in [6, 6.07) is 0. The van der Waals surface area contributed by atoms with Gasteiger partial charge in [-0.3, -0.25) is 24.3 Å². The van der Waals surface area contributed by atoms with Gasteiger partial charge >= 0.3 is 11.9 Å². The highest BCUT2D eigenvalue weighted by Crippen LogP contribution is 2.27. The highest BCUT2D eigenvalue weighted by molar-refractivity contribution is 6.33. The van der Waals surface area contributed by atoms with E-state index in [1.807, 2.05) is 0 Å². The average Bonchev–Trinajstić information content (AvgIpc) is 3.08. The lowest BCUT2D eigenvalue weighted by molar-refractivity contribution is -0.210. The maximum atomic E-state index is 12.6. The van der Waals surface area contributed by atoms with E-state index in [4.69, 9.17) is 25.8 Å². The highest BCUT2D eigenvalue weighted by atomic mass is 35.5. The molecule has 0 saturated heterocycles. The molecule has 11 nitrogen and oxygen atoms in total. The maximum Gasteiger partial charge on any atom is 0.314 e. The van der Waals surface area contributed by atoms with Crippen molar-refractivity contribution in [2.24, 2.45) is 10.8 Å². The van der Waals surface area contributed by atoms with Crippen molar-refractivity contribution in [3.63, 3.8) is 0 Å². The molecule has 182 valence electrons. The molecule has 1 N–H and O–H groups in total. The second-order valence-electron chi connectivity index (χ2n) is 9.42. The Morgan fingerprint density at radius 2 is 1.70 bits per heavy atom. The van der Waals surface area contributed by atoms with Gasteiger partial charge in [0.25, 0.3) is 6.41 Å². The minimum absolute atomic E-state index is 0.0116. The van der Waals surface area contributed by atoms with Crippen molar-refractivity contribution in [2.45, 2.75) is 61.3 Å². The van der Waals surface area contributed by atoms with Gasteiger partial charge in [0.15, 0.2) is 10.8 Å². The van der Waals surface area contributed by atoms with Crippen molar-refractivity contribution in [2.75, 3.05) is 18.5 Å². The summed E-state index contributed by atoms with van der Waals surface area (Å²) in [5.41, 5.74) is -0.963. The molecule has 2 rings (SSSR count). The molecule has 1 amide bonds. The summed E-state index contributed by atoms with van der Waals surface area (Å²) in [5.74, 6) is -1.25. The van der Waals surface area contributed by atoms with Crippen LogP contribution in [-0.4, -0.2) is 50.6 Å². The molecule has 0 fully saturated rings. The zero-order valence-electron chi connectivity index (χ0n) is 19.9. The summed E-state index contributed by atoms with van der Waals surface area (Å²) in [6.07, 6.45) is 0.490. The van der Waals surface area contributed by atoms with Crippen LogP contribution in [0.3, 0.4) is 0 Å². The molecular formula is C21H30ClN5O6. The lowest BCUT2D eigenvalue weighted by Crippen LogP contribution is -2.29. The molecule has 0 bridgehead atoms. The maximum absolute atomic E-state index is 12.6. The summed E-state index contributed by atoms with van der Waals surface area (Å²) in [6.45, 7) is 12.0. The van der Waals surface area contributed by atoms with Gasteiger partial charge in [0.2, 0.25) is 11.9 Å². The molecule has 1 atom stereocenters. The third-order valence-corrected chi connectivity index (χ3v) is 4.37. The lowest BCUT2D eigenvalue weighted by Gasteiger charge is -2.24. The minimum atomic E-state index is -1.23. The molecule has 0 aromatic carbocycles. The van der Waals surface area contributed by atoms with Crippen LogP contribution in [0.4, 0.5) is 5.95 Å². The van der Waals surface area contributed by atoms with Gasteiger partial charge in [0.1, 0.15) is 11.8 Å². The zero-order chi connectivity index (χ0) is 25.0. The van der Waals surface area contributed by atoms with Crippen LogP contribution in [0.5, 0.6) is 0 Å². The third kappa shape index (κ3) is 7.36. The molecule has 0 radical (unpaired) electrons. The Labute approximate surface area is 197 Å². The first-order chi connectivity index (χ1) is 15.2. The van der Waals surface area contributed by atoms with Gasteiger partial charge in [-0.15, -0.1) is 0 Å². The van der Waals surface area contributed by atoms with E-state index in [1.165, 1.54) is 17.8 Å². The zero-order valence-corrected chi connectivity index (χ0v) is 20.6. The number of halogens is 1. The number of esters is 2. The molecule has 0 aliphatic carbocycles. The van der Waals surface area contributed by atoms with Crippen LogP contribution in [0.15, 0.2) is 6.33 Å². The van der Waals surface area contributed by atoms with Gasteiger partial charge in [0, 0.05) is 13.3 Å². The number of carbonyl (C=O) groups excluding carboxylic acids is 3. The molecule has 33 heavy (non-hydrogen) atoms. The van der Waals surface area contributed by atoms with Gasteiger partial charge in [-0.1, -0.05) is 11.6 Å². The summed E-state index contributed by atoms with van der Waals surface area (Å²) >= 11 is 6.18. The highest BCUT2D eigenvalue weighted by Gasteiger charge is 2.29. The second kappa shape index (κ2) is 10.4. The van der Waals surface area contributed by atoms with Gasteiger partial charge in [-0.05, 0) is 41.5 Å². The van der Waals surface area contributed by atoms with Crippen molar-refractivity contribution in [3.05, 3.63) is 11.5 Å². The van der Waals surface area contributed by atoms with Crippen molar-refractivity contribution in [1.82, 2.24) is 19.5 Å². The molecule has 0 aliphatic heterocycles. The Kier molecular flexibility index (Phi) is 8.36. The summed E-state index contributed by atoms with van der Waals surface area (Å²) in [4.78, 5) is 48.3. The molecule has 2 heterocycles. The summed E-state index contributed by atoms with van der Waals surface area (Å²) < 4.78 is 18.0. The quantitative estimate of drug-likeness (QED) is 0.259. The van der Waals surface area contributed by atoms with Gasteiger partial charge < -0.3 is 14.2 Å². The SMILES string of the molecule is CC(=O)Nc1nc(Cl)c2ncn(C(OCCCOC(=O)C(C)(C)C)OC(=O)C(C)(C)C)c2n1. The Balaban J connectivity index is 2.24. The summed E-state index contributed by atoms with van der Waals surface area (Å²) in [5, 5.41) is 2.47. The number of hydrogen-bond acceptors (Lipinski definition) is 9. The van der Waals surface area contributed by atoms with Crippen LogP contribution in [0.25, 0.3) is 11.2 Å². The van der Waals surface area contributed by atoms with Crippen LogP contribution in [0.2, 0.25) is 5.15 Å². The second-order valence-corrected chi connectivity index (χ2v) is 9.77. The molecule has 12 heteroatoms. The van der Waals surface area contributed by atoms with Crippen LogP contribution in [0.1, 0.15) is 61.3 Å². The molecule has 0 aliphatic rings. The predicted octanol–water partition coefficient (Wildman–Crippen LogP) is 3.48. The van der Waals surface area contributed by atoms with Crippen LogP contribution < -0.4 is 5.32 Å². The first kappa shape index (κ1) is 26.5. The molecule has 2 aromatic heterocycles. The standard InChI is InChI=1S/C21H30ClN5O6/c1-12(28)24-18-25-14(22)13-15(26-18)27(11-23-13)19(33-17(30)21(5,6)7)32-10-8-9-31-16(29)20(2,3)4/h11,19H,8-10H2,1-7H3,(H,24,25,26,28). The van der Waals surface area contributed by atoms with Gasteiger partial charge in [-0.25, -0.2) is 4.98 Å². The number of nitrogens with one attached hydrogen (secondary N) is 1. The average molecular weight is 484 g/mol. The molecular weight excluding hydrogens is 454 g/mol. The predicted molar refractivity (Wildman–Crippen MR) is 120 cm³/mol. The Morgan fingerprint density at radius 3 is 2.27 bits per heavy atom. The van der Waals surface area contributed by atoms with Gasteiger partial charge in [0.05, 0.1) is 24.0 Å². The third-order valence-electron chi connectivity index (χ3n) is 4.11. The monoisotopic (exact) mass is 483 g/mol. The first-order valence-corrected chi connectivity index (χ1v) is 10.8. The van der Waals surface area contributed by atoms with Crippen molar-refractivity contribution < 1.29 is 28.6 Å². The van der Waals surface area contributed by atoms with Crippen LogP contribution in [0, 0.1) is 10.8 Å². The largest absolute Gasteiger partial charge is 0.465 e. The molecule has 0 spiro atoms. The van der Waals surface area contributed by atoms with E-state index in [1.54, 1.807) is 41.5 Å². The smallest absolute Gasteiger partial charge is 0.314 e. The fourth-order valence-electron chi connectivity index (χ4n) is 2.31. The van der Waals surface area contributed by atoms with E-state index in [2.05, 4.69) is 20.3 Å². The number of amides is 1. The van der Waals surface area contributed by atoms with E-state index in [9.17, 15) is 14.4 Å². The Hall–Kier alpha value is -2.79. The van der Waals surface area contributed by atoms with E-state index in [0.29, 0.717) is 6.42 Å². The van der Waals surface area contributed by atoms with Crippen LogP contribution in [-0.2, 0) is 28.6 Å². The number of imidazole rings is 1. The topological polar surface area (TPSA) is 135 Å². The number of hydrogen-bond donors (Lipinski definition) is 1. The Morgan fingerprint density at radius 1 is 1.06 bits per heavy atom. The summed E-state index contributed by atoms with van der Waals surface area (Å²) in [7, 11) is 0.